The monoisotopic (exact) mass is 197 g/mol. The van der Waals surface area contributed by atoms with Crippen LogP contribution in [0.15, 0.2) is 18.2 Å². The molecule has 78 valence electrons. The first kappa shape index (κ1) is 11.0. The zero-order valence-corrected chi connectivity index (χ0v) is 8.80. The van der Waals surface area contributed by atoms with E-state index in [2.05, 4.69) is 0 Å². The number of ether oxygens (including phenoxy) is 1. The highest BCUT2D eigenvalue weighted by Gasteiger charge is 2.12. The van der Waals surface area contributed by atoms with Crippen LogP contribution in [0.25, 0.3) is 0 Å². The van der Waals surface area contributed by atoms with Crippen molar-refractivity contribution in [2.75, 3.05) is 0 Å². The number of hydrogen-bond donors (Lipinski definition) is 1. The van der Waals surface area contributed by atoms with E-state index in [0.717, 1.165) is 0 Å². The van der Waals surface area contributed by atoms with Gasteiger partial charge in [-0.25, -0.2) is 4.39 Å². The van der Waals surface area contributed by atoms with E-state index in [-0.39, 0.29) is 18.0 Å². The van der Waals surface area contributed by atoms with Gasteiger partial charge in [0.2, 0.25) is 0 Å². The molecule has 0 aliphatic heterocycles. The second kappa shape index (κ2) is 3.96. The minimum Gasteiger partial charge on any atom is -0.488 e. The summed E-state index contributed by atoms with van der Waals surface area (Å²) >= 11 is 0. The van der Waals surface area contributed by atoms with Gasteiger partial charge >= 0.3 is 0 Å². The molecule has 1 aromatic rings. The lowest BCUT2D eigenvalue weighted by atomic mass is 10.1. The van der Waals surface area contributed by atoms with E-state index in [4.69, 9.17) is 10.5 Å². The van der Waals surface area contributed by atoms with Gasteiger partial charge in [0, 0.05) is 18.2 Å². The van der Waals surface area contributed by atoms with Gasteiger partial charge in [0.15, 0.2) is 0 Å². The molecular weight excluding hydrogens is 181 g/mol. The van der Waals surface area contributed by atoms with Gasteiger partial charge in [0.25, 0.3) is 0 Å². The maximum atomic E-state index is 13.3. The number of halogens is 1. The fourth-order valence-electron chi connectivity index (χ4n) is 1.11. The van der Waals surface area contributed by atoms with Gasteiger partial charge in [0.05, 0.1) is 0 Å². The molecule has 1 rings (SSSR count). The Hall–Kier alpha value is -1.09. The first-order valence-electron chi connectivity index (χ1n) is 4.60. The zero-order valence-electron chi connectivity index (χ0n) is 8.80. The predicted octanol–water partition coefficient (Wildman–Crippen LogP) is 2.46. The van der Waals surface area contributed by atoms with E-state index in [9.17, 15) is 4.39 Å². The maximum Gasteiger partial charge on any atom is 0.131 e. The number of benzene rings is 1. The van der Waals surface area contributed by atoms with Crippen LogP contribution in [0.5, 0.6) is 5.75 Å². The molecule has 0 aromatic heterocycles. The summed E-state index contributed by atoms with van der Waals surface area (Å²) in [5.74, 6) is 0.224. The third kappa shape index (κ3) is 3.00. The summed E-state index contributed by atoms with van der Waals surface area (Å²) in [4.78, 5) is 0. The van der Waals surface area contributed by atoms with E-state index in [1.807, 2.05) is 20.8 Å². The molecule has 0 amide bonds. The second-order valence-corrected chi connectivity index (χ2v) is 4.17. The Morgan fingerprint density at radius 3 is 2.43 bits per heavy atom. The SMILES string of the molecule is CC(C)(C)Oc1ccc(CN)c(F)c1. The molecule has 0 bridgehead atoms. The molecule has 1 aromatic carbocycles. The standard InChI is InChI=1S/C11H16FNO/c1-11(2,3)14-9-5-4-8(7-13)10(12)6-9/h4-6H,7,13H2,1-3H3. The summed E-state index contributed by atoms with van der Waals surface area (Å²) in [6, 6.07) is 4.75. The summed E-state index contributed by atoms with van der Waals surface area (Å²) in [6.45, 7) is 5.97. The highest BCUT2D eigenvalue weighted by molar-refractivity contribution is 5.29. The van der Waals surface area contributed by atoms with Crippen LogP contribution in [-0.4, -0.2) is 5.60 Å². The topological polar surface area (TPSA) is 35.2 Å². The van der Waals surface area contributed by atoms with E-state index in [1.165, 1.54) is 6.07 Å². The van der Waals surface area contributed by atoms with Gasteiger partial charge in [-0.1, -0.05) is 6.07 Å². The molecule has 0 aliphatic rings. The van der Waals surface area contributed by atoms with Crippen molar-refractivity contribution in [3.8, 4) is 5.75 Å². The Morgan fingerprint density at radius 1 is 1.36 bits per heavy atom. The smallest absolute Gasteiger partial charge is 0.131 e. The Balaban J connectivity index is 2.87. The molecule has 0 fully saturated rings. The maximum absolute atomic E-state index is 13.3. The highest BCUT2D eigenvalue weighted by atomic mass is 19.1. The largest absolute Gasteiger partial charge is 0.488 e. The van der Waals surface area contributed by atoms with Crippen LogP contribution in [0.3, 0.4) is 0 Å². The van der Waals surface area contributed by atoms with Crippen molar-refractivity contribution in [1.82, 2.24) is 0 Å². The van der Waals surface area contributed by atoms with Gasteiger partial charge < -0.3 is 10.5 Å². The predicted molar refractivity (Wildman–Crippen MR) is 54.7 cm³/mol. The molecule has 0 radical (unpaired) electrons. The fraction of sp³-hybridized carbons (Fsp3) is 0.455. The molecule has 0 saturated carbocycles. The van der Waals surface area contributed by atoms with Crippen LogP contribution in [0.2, 0.25) is 0 Å². The van der Waals surface area contributed by atoms with Crippen LogP contribution in [0, 0.1) is 5.82 Å². The van der Waals surface area contributed by atoms with Crippen LogP contribution in [0.4, 0.5) is 4.39 Å². The summed E-state index contributed by atoms with van der Waals surface area (Å²) < 4.78 is 18.8. The van der Waals surface area contributed by atoms with Crippen molar-refractivity contribution >= 4 is 0 Å². The van der Waals surface area contributed by atoms with Crippen molar-refractivity contribution in [3.63, 3.8) is 0 Å². The van der Waals surface area contributed by atoms with Gasteiger partial charge in [-0.2, -0.15) is 0 Å². The van der Waals surface area contributed by atoms with Crippen LogP contribution < -0.4 is 10.5 Å². The van der Waals surface area contributed by atoms with Crippen molar-refractivity contribution in [2.45, 2.75) is 32.9 Å². The Kier molecular flexibility index (Phi) is 3.11. The Bertz CT molecular complexity index is 318. The highest BCUT2D eigenvalue weighted by Crippen LogP contribution is 2.20. The molecule has 14 heavy (non-hydrogen) atoms. The minimum atomic E-state index is -0.311. The minimum absolute atomic E-state index is 0.210. The van der Waals surface area contributed by atoms with Crippen LogP contribution >= 0.6 is 0 Å². The third-order valence-electron chi connectivity index (χ3n) is 1.67. The third-order valence-corrected chi connectivity index (χ3v) is 1.67. The van der Waals surface area contributed by atoms with Crippen molar-refractivity contribution in [3.05, 3.63) is 29.6 Å². The van der Waals surface area contributed by atoms with Crippen molar-refractivity contribution in [2.24, 2.45) is 5.73 Å². The lowest BCUT2D eigenvalue weighted by Crippen LogP contribution is -2.23. The van der Waals surface area contributed by atoms with Gasteiger partial charge in [-0.05, 0) is 26.8 Å². The molecule has 3 heteroatoms. The fourth-order valence-corrected chi connectivity index (χ4v) is 1.11. The molecular formula is C11H16FNO. The summed E-state index contributed by atoms with van der Waals surface area (Å²) in [7, 11) is 0. The second-order valence-electron chi connectivity index (χ2n) is 4.17. The van der Waals surface area contributed by atoms with Crippen LogP contribution in [0.1, 0.15) is 26.3 Å². The number of hydrogen-bond acceptors (Lipinski definition) is 2. The molecule has 0 spiro atoms. The van der Waals surface area contributed by atoms with E-state index < -0.39 is 0 Å². The van der Waals surface area contributed by atoms with Gasteiger partial charge in [0.1, 0.15) is 17.2 Å². The molecule has 2 nitrogen and oxygen atoms in total. The van der Waals surface area contributed by atoms with E-state index in [1.54, 1.807) is 12.1 Å². The molecule has 0 unspecified atom stereocenters. The summed E-state index contributed by atoms with van der Waals surface area (Å²) in [6.07, 6.45) is 0. The first-order chi connectivity index (χ1) is 6.42. The van der Waals surface area contributed by atoms with Gasteiger partial charge in [-0.15, -0.1) is 0 Å². The average molecular weight is 197 g/mol. The molecule has 0 heterocycles. The molecule has 0 aliphatic carbocycles. The van der Waals surface area contributed by atoms with Crippen molar-refractivity contribution in [1.29, 1.82) is 0 Å². The van der Waals surface area contributed by atoms with E-state index >= 15 is 0 Å². The normalized spacial score (nSPS) is 11.5. The van der Waals surface area contributed by atoms with Crippen molar-refractivity contribution < 1.29 is 9.13 Å². The number of nitrogens with two attached hydrogens (primary N) is 1. The summed E-state index contributed by atoms with van der Waals surface area (Å²) in [5.41, 5.74) is 5.54. The summed E-state index contributed by atoms with van der Waals surface area (Å²) in [5, 5.41) is 0. The Labute approximate surface area is 83.9 Å². The van der Waals surface area contributed by atoms with Gasteiger partial charge in [-0.3, -0.25) is 0 Å². The number of rotatable bonds is 2. The lowest BCUT2D eigenvalue weighted by Gasteiger charge is -2.21. The molecule has 0 atom stereocenters. The molecule has 0 saturated heterocycles. The molecule has 2 N–H and O–H groups in total. The zero-order chi connectivity index (χ0) is 10.8. The lowest BCUT2D eigenvalue weighted by molar-refractivity contribution is 0.130. The first-order valence-corrected chi connectivity index (χ1v) is 4.60. The average Bonchev–Trinajstić information content (AvgIpc) is 2.01. The Morgan fingerprint density at radius 2 is 2.00 bits per heavy atom. The van der Waals surface area contributed by atoms with Crippen LogP contribution in [-0.2, 0) is 6.54 Å². The van der Waals surface area contributed by atoms with E-state index in [0.29, 0.717) is 11.3 Å². The quantitative estimate of drug-likeness (QED) is 0.790.